The number of halogens is 2. The SMILES string of the molecule is CCOc1nc(C(C)(C)C)ncc1C1=N[C@@H](c2ccc(Cl)cc2)[C@@H](c2ccc(Cl)cc2)N1C(=O)N1CCN(CCCS(C)(=O)=O)CC1. The van der Waals surface area contributed by atoms with Crippen molar-refractivity contribution in [2.75, 3.05) is 51.3 Å². The molecule has 0 unspecified atom stereocenters. The van der Waals surface area contributed by atoms with Crippen LogP contribution in [0.3, 0.4) is 0 Å². The minimum absolute atomic E-state index is 0.146. The number of benzene rings is 2. The summed E-state index contributed by atoms with van der Waals surface area (Å²) in [7, 11) is -3.02. The van der Waals surface area contributed by atoms with Gasteiger partial charge >= 0.3 is 6.03 Å². The van der Waals surface area contributed by atoms with Crippen molar-refractivity contribution < 1.29 is 17.9 Å². The highest BCUT2D eigenvalue weighted by molar-refractivity contribution is 7.90. The summed E-state index contributed by atoms with van der Waals surface area (Å²) >= 11 is 12.6. The van der Waals surface area contributed by atoms with Gasteiger partial charge in [0.15, 0.2) is 0 Å². The lowest BCUT2D eigenvalue weighted by molar-refractivity contribution is 0.119. The van der Waals surface area contributed by atoms with Crippen LogP contribution in [0.2, 0.25) is 10.0 Å². The standard InChI is InChI=1S/C34H42Cl2N6O4S/c1-6-46-31-27(22-37-32(39-31)34(2,3)4)30-38-28(23-8-12-25(35)13-9-23)29(24-10-14-26(36)15-11-24)42(30)33(43)41-19-17-40(18-20-41)16-7-21-47(5,44)45/h8-15,22,28-29H,6-7,16-21H2,1-5H3/t28-,29+/m0/s1. The van der Waals surface area contributed by atoms with Crippen molar-refractivity contribution in [1.29, 1.82) is 0 Å². The molecule has 252 valence electrons. The van der Waals surface area contributed by atoms with Gasteiger partial charge in [-0.3, -0.25) is 14.8 Å². The summed E-state index contributed by atoms with van der Waals surface area (Å²) in [5.41, 5.74) is 1.97. The number of piperazine rings is 1. The fourth-order valence-corrected chi connectivity index (χ4v) is 6.75. The highest BCUT2D eigenvalue weighted by atomic mass is 35.5. The lowest BCUT2D eigenvalue weighted by atomic mass is 9.93. The molecule has 2 aromatic carbocycles. The first-order chi connectivity index (χ1) is 22.2. The maximum atomic E-state index is 14.8. The Kier molecular flexibility index (Phi) is 10.8. The van der Waals surface area contributed by atoms with E-state index in [9.17, 15) is 13.2 Å². The Labute approximate surface area is 287 Å². The zero-order chi connectivity index (χ0) is 33.9. The number of sulfone groups is 1. The molecule has 0 bridgehead atoms. The second-order valence-electron chi connectivity index (χ2n) is 13.0. The van der Waals surface area contributed by atoms with Crippen LogP contribution in [0.4, 0.5) is 4.79 Å². The Hall–Kier alpha value is -3.25. The summed E-state index contributed by atoms with van der Waals surface area (Å²) in [5, 5.41) is 1.19. The van der Waals surface area contributed by atoms with Crippen LogP contribution in [0.5, 0.6) is 5.88 Å². The van der Waals surface area contributed by atoms with Gasteiger partial charge in [-0.25, -0.2) is 18.2 Å². The predicted molar refractivity (Wildman–Crippen MR) is 186 cm³/mol. The number of nitrogens with zero attached hydrogens (tertiary/aromatic N) is 6. The second kappa shape index (κ2) is 14.5. The Bertz CT molecular complexity index is 1700. The van der Waals surface area contributed by atoms with Gasteiger partial charge < -0.3 is 9.64 Å². The largest absolute Gasteiger partial charge is 0.477 e. The quantitative estimate of drug-likeness (QED) is 0.262. The molecule has 3 aromatic rings. The third-order valence-corrected chi connectivity index (χ3v) is 9.81. The van der Waals surface area contributed by atoms with Crippen LogP contribution >= 0.6 is 23.2 Å². The van der Waals surface area contributed by atoms with E-state index in [0.717, 1.165) is 11.1 Å². The molecule has 3 heterocycles. The number of hydrogen-bond donors (Lipinski definition) is 0. The van der Waals surface area contributed by atoms with Gasteiger partial charge in [0, 0.05) is 54.1 Å². The fraction of sp³-hybridized carbons (Fsp3) is 0.471. The van der Waals surface area contributed by atoms with Crippen LogP contribution in [-0.4, -0.2) is 96.3 Å². The summed E-state index contributed by atoms with van der Waals surface area (Å²) in [6.45, 7) is 11.3. The number of carbonyl (C=O) groups is 1. The molecule has 13 heteroatoms. The second-order valence-corrected chi connectivity index (χ2v) is 16.1. The van der Waals surface area contributed by atoms with Gasteiger partial charge in [-0.2, -0.15) is 4.98 Å². The third kappa shape index (κ3) is 8.43. The van der Waals surface area contributed by atoms with Gasteiger partial charge in [-0.15, -0.1) is 0 Å². The highest BCUT2D eigenvalue weighted by Gasteiger charge is 2.45. The summed E-state index contributed by atoms with van der Waals surface area (Å²) in [5.74, 6) is 1.56. The summed E-state index contributed by atoms with van der Waals surface area (Å²) in [6.07, 6.45) is 3.52. The minimum atomic E-state index is -3.02. The van der Waals surface area contributed by atoms with Crippen molar-refractivity contribution in [1.82, 2.24) is 24.7 Å². The number of ether oxygens (including phenoxy) is 1. The number of aromatic nitrogens is 2. The zero-order valence-corrected chi connectivity index (χ0v) is 29.8. The first-order valence-corrected chi connectivity index (χ1v) is 18.6. The van der Waals surface area contributed by atoms with E-state index in [1.54, 1.807) is 11.1 Å². The average molecular weight is 702 g/mol. The molecule has 5 rings (SSSR count). The highest BCUT2D eigenvalue weighted by Crippen LogP contribution is 2.45. The van der Waals surface area contributed by atoms with Crippen molar-refractivity contribution in [2.24, 2.45) is 4.99 Å². The molecule has 2 aliphatic rings. The number of rotatable bonds is 9. The van der Waals surface area contributed by atoms with Crippen LogP contribution in [0.25, 0.3) is 0 Å². The maximum absolute atomic E-state index is 14.8. The van der Waals surface area contributed by atoms with Gasteiger partial charge in [0.25, 0.3) is 0 Å². The van der Waals surface area contributed by atoms with Gasteiger partial charge in [0.2, 0.25) is 5.88 Å². The number of amidine groups is 1. The monoisotopic (exact) mass is 700 g/mol. The van der Waals surface area contributed by atoms with Crippen LogP contribution in [0.1, 0.15) is 68.7 Å². The molecule has 0 aliphatic carbocycles. The Morgan fingerprint density at radius 2 is 1.55 bits per heavy atom. The van der Waals surface area contributed by atoms with E-state index in [4.69, 9.17) is 42.9 Å². The number of hydrogen-bond acceptors (Lipinski definition) is 8. The van der Waals surface area contributed by atoms with Crippen molar-refractivity contribution in [2.45, 2.75) is 51.6 Å². The molecule has 0 saturated carbocycles. The van der Waals surface area contributed by atoms with E-state index in [0.29, 0.717) is 78.9 Å². The van der Waals surface area contributed by atoms with Crippen molar-refractivity contribution in [3.05, 3.63) is 87.3 Å². The van der Waals surface area contributed by atoms with Crippen LogP contribution in [-0.2, 0) is 15.3 Å². The number of amides is 2. The van der Waals surface area contributed by atoms with E-state index in [2.05, 4.69) is 4.90 Å². The molecule has 2 atom stereocenters. The van der Waals surface area contributed by atoms with E-state index < -0.39 is 21.9 Å². The first kappa shape index (κ1) is 35.1. The predicted octanol–water partition coefficient (Wildman–Crippen LogP) is 6.20. The van der Waals surface area contributed by atoms with E-state index in [1.807, 2.05) is 81.1 Å². The molecule has 1 fully saturated rings. The van der Waals surface area contributed by atoms with Crippen molar-refractivity contribution in [3.8, 4) is 5.88 Å². The molecule has 2 amide bonds. The molecule has 10 nitrogen and oxygen atoms in total. The van der Waals surface area contributed by atoms with Gasteiger partial charge in [-0.05, 0) is 55.3 Å². The zero-order valence-electron chi connectivity index (χ0n) is 27.5. The van der Waals surface area contributed by atoms with Gasteiger partial charge in [0.1, 0.15) is 27.5 Å². The minimum Gasteiger partial charge on any atom is -0.477 e. The molecule has 0 spiro atoms. The van der Waals surface area contributed by atoms with E-state index in [1.165, 1.54) is 6.26 Å². The molecule has 2 aliphatic heterocycles. The molecule has 1 saturated heterocycles. The van der Waals surface area contributed by atoms with Gasteiger partial charge in [0.05, 0.1) is 24.0 Å². The summed E-state index contributed by atoms with van der Waals surface area (Å²) in [4.78, 5) is 35.3. The molecule has 47 heavy (non-hydrogen) atoms. The topological polar surface area (TPSA) is 108 Å². The number of urea groups is 1. The van der Waals surface area contributed by atoms with E-state index >= 15 is 0 Å². The summed E-state index contributed by atoms with van der Waals surface area (Å²) < 4.78 is 29.3. The Morgan fingerprint density at radius 3 is 2.11 bits per heavy atom. The molecular formula is C34H42Cl2N6O4S. The fourth-order valence-electron chi connectivity index (χ4n) is 5.85. The number of carbonyl (C=O) groups excluding carboxylic acids is 1. The Morgan fingerprint density at radius 1 is 0.957 bits per heavy atom. The maximum Gasteiger partial charge on any atom is 0.326 e. The molecule has 0 N–H and O–H groups in total. The van der Waals surface area contributed by atoms with Crippen LogP contribution in [0, 0.1) is 0 Å². The molecule has 0 radical (unpaired) electrons. The normalized spacial score (nSPS) is 19.2. The number of aliphatic imine (C=N–C) groups is 1. The van der Waals surface area contributed by atoms with Gasteiger partial charge in [-0.1, -0.05) is 68.2 Å². The lowest BCUT2D eigenvalue weighted by Gasteiger charge is -2.39. The van der Waals surface area contributed by atoms with Crippen LogP contribution < -0.4 is 4.74 Å². The smallest absolute Gasteiger partial charge is 0.326 e. The lowest BCUT2D eigenvalue weighted by Crippen LogP contribution is -2.54. The third-order valence-electron chi connectivity index (χ3n) is 8.27. The van der Waals surface area contributed by atoms with E-state index in [-0.39, 0.29) is 17.2 Å². The van der Waals surface area contributed by atoms with Crippen molar-refractivity contribution in [3.63, 3.8) is 0 Å². The van der Waals surface area contributed by atoms with Crippen LogP contribution in [0.15, 0.2) is 59.7 Å². The Balaban J connectivity index is 1.56. The first-order valence-electron chi connectivity index (χ1n) is 15.8. The molecule has 1 aromatic heterocycles. The van der Waals surface area contributed by atoms with Crippen molar-refractivity contribution >= 4 is 44.9 Å². The average Bonchev–Trinajstić information content (AvgIpc) is 3.41. The molecular weight excluding hydrogens is 659 g/mol. The summed E-state index contributed by atoms with van der Waals surface area (Å²) in [6, 6.07) is 13.8.